The summed E-state index contributed by atoms with van der Waals surface area (Å²) in [6.45, 7) is 1.45. The van der Waals surface area contributed by atoms with Gasteiger partial charge in [-0.05, 0) is 74.5 Å². The zero-order chi connectivity index (χ0) is 18.2. The molecule has 5 fully saturated rings. The Morgan fingerprint density at radius 3 is 2.48 bits per heavy atom. The number of nitrogens with one attached hydrogen (secondary N) is 1. The Hall–Kier alpha value is -1.69. The molecule has 4 saturated carbocycles. The van der Waals surface area contributed by atoms with E-state index in [1.807, 2.05) is 0 Å². The number of amides is 1. The molecule has 4 aliphatic carbocycles. The number of carbonyl (C=O) groups is 1. The third kappa shape index (κ3) is 2.67. The van der Waals surface area contributed by atoms with Crippen LogP contribution in [0.1, 0.15) is 38.5 Å². The number of anilines is 1. The van der Waals surface area contributed by atoms with E-state index in [0.717, 1.165) is 46.2 Å². The van der Waals surface area contributed by atoms with Gasteiger partial charge >= 0.3 is 0 Å². The van der Waals surface area contributed by atoms with Crippen molar-refractivity contribution in [3.8, 4) is 0 Å². The fourth-order valence-corrected chi connectivity index (χ4v) is 7.46. The molecule has 1 aliphatic heterocycles. The topological polar surface area (TPSA) is 45.2 Å². The molecule has 1 N–H and O–H groups in total. The molecular weight excluding hydrogens is 361 g/mol. The van der Waals surface area contributed by atoms with Gasteiger partial charge in [-0.3, -0.25) is 4.79 Å². The second-order valence-corrected chi connectivity index (χ2v) is 10.4. The van der Waals surface area contributed by atoms with Gasteiger partial charge in [0.25, 0.3) is 0 Å². The van der Waals surface area contributed by atoms with Crippen molar-refractivity contribution in [3.63, 3.8) is 0 Å². The first-order valence-corrected chi connectivity index (χ1v) is 11.0. The third-order valence-electron chi connectivity index (χ3n) is 7.29. The summed E-state index contributed by atoms with van der Waals surface area (Å²) < 4.78 is 14.2. The highest BCUT2D eigenvalue weighted by Crippen LogP contribution is 2.55. The number of fused-ring (bicyclic) bond motifs is 1. The van der Waals surface area contributed by atoms with E-state index >= 15 is 0 Å². The Morgan fingerprint density at radius 2 is 1.81 bits per heavy atom. The van der Waals surface area contributed by atoms with Gasteiger partial charge < -0.3 is 10.2 Å². The lowest BCUT2D eigenvalue weighted by molar-refractivity contribution is -0.131. The van der Waals surface area contributed by atoms with Gasteiger partial charge in [-0.2, -0.15) is 0 Å². The summed E-state index contributed by atoms with van der Waals surface area (Å²) in [5.74, 6) is 2.60. The lowest BCUT2D eigenvalue weighted by Gasteiger charge is -2.57. The Balaban J connectivity index is 1.12. The number of hydrogen-bond acceptors (Lipinski definition) is 4. The van der Waals surface area contributed by atoms with E-state index in [4.69, 9.17) is 0 Å². The smallest absolute Gasteiger partial charge is 0.227 e. The summed E-state index contributed by atoms with van der Waals surface area (Å²) in [4.78, 5) is 19.6. The Kier molecular flexibility index (Phi) is 3.41. The SMILES string of the molecule is O=C(NC12CC3CC(CC(C3)C1)C2)C1CN(c2nc3ccc(F)cc3s2)C1. The van der Waals surface area contributed by atoms with Crippen molar-refractivity contribution in [1.82, 2.24) is 10.3 Å². The minimum absolute atomic E-state index is 0.0572. The van der Waals surface area contributed by atoms with Gasteiger partial charge in [-0.25, -0.2) is 9.37 Å². The van der Waals surface area contributed by atoms with Gasteiger partial charge in [0.1, 0.15) is 5.82 Å². The minimum atomic E-state index is -0.228. The van der Waals surface area contributed by atoms with E-state index in [1.54, 1.807) is 6.07 Å². The van der Waals surface area contributed by atoms with Crippen LogP contribution in [0, 0.1) is 29.5 Å². The molecule has 1 amide bonds. The van der Waals surface area contributed by atoms with Crippen LogP contribution in [0.4, 0.5) is 9.52 Å². The van der Waals surface area contributed by atoms with Gasteiger partial charge in [0.05, 0.1) is 16.1 Å². The first kappa shape index (κ1) is 16.3. The van der Waals surface area contributed by atoms with E-state index in [1.165, 1.54) is 62.0 Å². The zero-order valence-corrected chi connectivity index (χ0v) is 16.1. The van der Waals surface area contributed by atoms with Crippen molar-refractivity contribution < 1.29 is 9.18 Å². The monoisotopic (exact) mass is 385 g/mol. The van der Waals surface area contributed by atoms with Crippen LogP contribution in [-0.4, -0.2) is 29.5 Å². The molecule has 2 heterocycles. The predicted molar refractivity (Wildman–Crippen MR) is 104 cm³/mol. The molecule has 4 nitrogen and oxygen atoms in total. The van der Waals surface area contributed by atoms with Crippen LogP contribution in [0.25, 0.3) is 10.2 Å². The maximum atomic E-state index is 13.4. The summed E-state index contributed by atoms with van der Waals surface area (Å²) in [5, 5.41) is 4.40. The summed E-state index contributed by atoms with van der Waals surface area (Å²) >= 11 is 1.51. The molecule has 7 rings (SSSR count). The number of benzene rings is 1. The van der Waals surface area contributed by atoms with Crippen molar-refractivity contribution >= 4 is 32.6 Å². The molecule has 5 aliphatic rings. The van der Waals surface area contributed by atoms with E-state index in [-0.39, 0.29) is 23.2 Å². The van der Waals surface area contributed by atoms with Crippen LogP contribution >= 0.6 is 11.3 Å². The van der Waals surface area contributed by atoms with Crippen LogP contribution in [0.3, 0.4) is 0 Å². The first-order valence-electron chi connectivity index (χ1n) is 10.2. The standard InChI is InChI=1S/C21H24FN3OS/c22-16-1-2-17-18(6-16)27-20(23-17)25-10-15(11-25)19(26)24-21-7-12-3-13(8-21)5-14(4-12)9-21/h1-2,6,12-15H,3-5,7-11H2,(H,24,26). The predicted octanol–water partition coefficient (Wildman–Crippen LogP) is 3.96. The largest absolute Gasteiger partial charge is 0.350 e. The average Bonchev–Trinajstić information content (AvgIpc) is 2.93. The highest BCUT2D eigenvalue weighted by Gasteiger charge is 2.52. The van der Waals surface area contributed by atoms with Crippen LogP contribution < -0.4 is 10.2 Å². The molecule has 27 heavy (non-hydrogen) atoms. The van der Waals surface area contributed by atoms with Gasteiger partial charge in [-0.15, -0.1) is 0 Å². The van der Waals surface area contributed by atoms with E-state index < -0.39 is 0 Å². The number of nitrogens with zero attached hydrogens (tertiary/aromatic N) is 2. The molecule has 142 valence electrons. The fraction of sp³-hybridized carbons (Fsp3) is 0.619. The number of carbonyl (C=O) groups excluding carboxylic acids is 1. The highest BCUT2D eigenvalue weighted by molar-refractivity contribution is 7.22. The third-order valence-corrected chi connectivity index (χ3v) is 8.37. The number of thiazole rings is 1. The molecular formula is C21H24FN3OS. The van der Waals surface area contributed by atoms with Crippen molar-refractivity contribution in [2.45, 2.75) is 44.1 Å². The van der Waals surface area contributed by atoms with E-state index in [2.05, 4.69) is 15.2 Å². The van der Waals surface area contributed by atoms with Crippen LogP contribution in [0.5, 0.6) is 0 Å². The maximum Gasteiger partial charge on any atom is 0.227 e. The number of aromatic nitrogens is 1. The maximum absolute atomic E-state index is 13.4. The van der Waals surface area contributed by atoms with Crippen molar-refractivity contribution in [1.29, 1.82) is 0 Å². The van der Waals surface area contributed by atoms with Crippen LogP contribution in [-0.2, 0) is 4.79 Å². The molecule has 0 atom stereocenters. The summed E-state index contributed by atoms with van der Waals surface area (Å²) in [5.41, 5.74) is 0.928. The first-order chi connectivity index (χ1) is 13.1. The Bertz CT molecular complexity index is 884. The molecule has 2 aromatic rings. The second kappa shape index (κ2) is 5.66. The second-order valence-electron chi connectivity index (χ2n) is 9.40. The molecule has 0 radical (unpaired) electrons. The van der Waals surface area contributed by atoms with Gasteiger partial charge in [0.2, 0.25) is 5.91 Å². The molecule has 1 aromatic carbocycles. The summed E-state index contributed by atoms with van der Waals surface area (Å²) in [7, 11) is 0. The molecule has 4 bridgehead atoms. The van der Waals surface area contributed by atoms with Gasteiger partial charge in [-0.1, -0.05) is 11.3 Å². The van der Waals surface area contributed by atoms with Crippen LogP contribution in [0.15, 0.2) is 18.2 Å². The lowest BCUT2D eigenvalue weighted by atomic mass is 9.53. The lowest BCUT2D eigenvalue weighted by Crippen LogP contribution is -2.63. The molecule has 1 saturated heterocycles. The molecule has 0 unspecified atom stereocenters. The van der Waals surface area contributed by atoms with Crippen molar-refractivity contribution in [3.05, 3.63) is 24.0 Å². The van der Waals surface area contributed by atoms with Crippen molar-refractivity contribution in [2.75, 3.05) is 18.0 Å². The Labute approximate surface area is 162 Å². The highest BCUT2D eigenvalue weighted by atomic mass is 32.1. The molecule has 6 heteroatoms. The van der Waals surface area contributed by atoms with Gasteiger partial charge in [0, 0.05) is 18.6 Å². The molecule has 1 aromatic heterocycles. The average molecular weight is 386 g/mol. The van der Waals surface area contributed by atoms with Crippen molar-refractivity contribution in [2.24, 2.45) is 23.7 Å². The fourth-order valence-electron chi connectivity index (χ4n) is 6.45. The normalized spacial score (nSPS) is 34.9. The van der Waals surface area contributed by atoms with Crippen LogP contribution in [0.2, 0.25) is 0 Å². The Morgan fingerprint density at radius 1 is 1.15 bits per heavy atom. The van der Waals surface area contributed by atoms with Gasteiger partial charge in [0.15, 0.2) is 5.13 Å². The number of rotatable bonds is 3. The quantitative estimate of drug-likeness (QED) is 0.870. The zero-order valence-electron chi connectivity index (χ0n) is 15.3. The molecule has 0 spiro atoms. The summed E-state index contributed by atoms with van der Waals surface area (Å²) in [6, 6.07) is 4.71. The summed E-state index contributed by atoms with van der Waals surface area (Å²) in [6.07, 6.45) is 7.78. The minimum Gasteiger partial charge on any atom is -0.350 e. The van der Waals surface area contributed by atoms with E-state index in [0.29, 0.717) is 0 Å². The van der Waals surface area contributed by atoms with E-state index in [9.17, 15) is 9.18 Å². The number of hydrogen-bond donors (Lipinski definition) is 1. The number of halogens is 1.